The fraction of sp³-hybridized carbons (Fsp3) is 0.450. The van der Waals surface area contributed by atoms with Crippen LogP contribution in [0.3, 0.4) is 0 Å². The van der Waals surface area contributed by atoms with Gasteiger partial charge >= 0.3 is 6.03 Å². The lowest BCUT2D eigenvalue weighted by Gasteiger charge is -2.26. The number of benzene rings is 1. The summed E-state index contributed by atoms with van der Waals surface area (Å²) in [6.45, 7) is 10.0. The highest BCUT2D eigenvalue weighted by molar-refractivity contribution is 6.04. The molecule has 1 aliphatic heterocycles. The van der Waals surface area contributed by atoms with Crippen LogP contribution < -0.4 is 16.1 Å². The molecule has 1 aromatic carbocycles. The number of rotatable bonds is 4. The van der Waals surface area contributed by atoms with Gasteiger partial charge in [-0.2, -0.15) is 5.10 Å². The number of carbonyl (C=O) groups is 2. The molecule has 0 bridgehead atoms. The van der Waals surface area contributed by atoms with Crippen LogP contribution in [-0.4, -0.2) is 40.2 Å². The van der Waals surface area contributed by atoms with Gasteiger partial charge in [0.2, 0.25) is 0 Å². The third kappa shape index (κ3) is 4.51. The molecule has 4 N–H and O–H groups in total. The molecular weight excluding hydrogens is 356 g/mol. The summed E-state index contributed by atoms with van der Waals surface area (Å²) < 4.78 is 0. The van der Waals surface area contributed by atoms with E-state index in [9.17, 15) is 9.59 Å². The second-order valence-electron chi connectivity index (χ2n) is 7.95. The molecule has 2 aromatic rings. The number of H-pyrrole nitrogens is 1. The van der Waals surface area contributed by atoms with Crippen LogP contribution in [0.15, 0.2) is 24.3 Å². The number of aromatic nitrogens is 2. The number of hydrogen-bond donors (Lipinski definition) is 4. The van der Waals surface area contributed by atoms with Gasteiger partial charge in [-0.15, -0.1) is 0 Å². The number of anilines is 1. The second kappa shape index (κ2) is 8.02. The van der Waals surface area contributed by atoms with E-state index < -0.39 is 0 Å². The van der Waals surface area contributed by atoms with Crippen LogP contribution >= 0.6 is 0 Å². The Balaban J connectivity index is 1.65. The van der Waals surface area contributed by atoms with Crippen LogP contribution in [0.5, 0.6) is 0 Å². The van der Waals surface area contributed by atoms with Crippen molar-refractivity contribution in [1.82, 2.24) is 25.9 Å². The lowest BCUT2D eigenvalue weighted by molar-refractivity contribution is 0.102. The van der Waals surface area contributed by atoms with Gasteiger partial charge in [0.15, 0.2) is 5.82 Å². The maximum Gasteiger partial charge on any atom is 0.329 e. The number of nitrogens with one attached hydrogen (secondary N) is 4. The zero-order chi connectivity index (χ0) is 20.3. The van der Waals surface area contributed by atoms with E-state index in [4.69, 9.17) is 0 Å². The molecule has 0 atom stereocenters. The Hall–Kier alpha value is -2.87. The zero-order valence-electron chi connectivity index (χ0n) is 16.8. The largest absolute Gasteiger partial charge is 0.337 e. The number of amides is 3. The van der Waals surface area contributed by atoms with Crippen LogP contribution in [0.1, 0.15) is 54.9 Å². The van der Waals surface area contributed by atoms with Gasteiger partial charge in [-0.25, -0.2) is 9.80 Å². The van der Waals surface area contributed by atoms with Crippen molar-refractivity contribution in [2.75, 3.05) is 18.4 Å². The minimum atomic E-state index is -0.224. The summed E-state index contributed by atoms with van der Waals surface area (Å²) in [6, 6.07) is 7.43. The maximum absolute atomic E-state index is 12.6. The molecule has 0 unspecified atom stereocenters. The second-order valence-corrected chi connectivity index (χ2v) is 7.95. The number of hydrogen-bond acceptors (Lipinski definition) is 4. The Morgan fingerprint density at radius 1 is 1.21 bits per heavy atom. The molecule has 0 spiro atoms. The molecule has 0 saturated heterocycles. The highest BCUT2D eigenvalue weighted by atomic mass is 16.2. The first-order chi connectivity index (χ1) is 13.3. The summed E-state index contributed by atoms with van der Waals surface area (Å²) in [6.07, 6.45) is 0.677. The molecule has 1 aromatic heterocycles. The molecule has 2 heterocycles. The van der Waals surface area contributed by atoms with Gasteiger partial charge in [-0.05, 0) is 36.5 Å². The molecule has 0 saturated carbocycles. The van der Waals surface area contributed by atoms with Gasteiger partial charge in [0.1, 0.15) is 0 Å². The molecule has 0 fully saturated rings. The Kier molecular flexibility index (Phi) is 5.69. The van der Waals surface area contributed by atoms with Crippen LogP contribution in [0, 0.1) is 0 Å². The lowest BCUT2D eigenvalue weighted by atomic mass is 9.87. The van der Waals surface area contributed by atoms with Crippen molar-refractivity contribution >= 4 is 17.8 Å². The molecule has 0 radical (unpaired) electrons. The normalized spacial score (nSPS) is 14.3. The van der Waals surface area contributed by atoms with E-state index in [1.165, 1.54) is 5.56 Å². The summed E-state index contributed by atoms with van der Waals surface area (Å²) in [5.74, 6) is 0.371. The van der Waals surface area contributed by atoms with Crippen molar-refractivity contribution in [3.8, 4) is 0 Å². The third-order valence-corrected chi connectivity index (χ3v) is 4.78. The van der Waals surface area contributed by atoms with Crippen molar-refractivity contribution in [3.05, 3.63) is 46.6 Å². The fourth-order valence-electron chi connectivity index (χ4n) is 3.16. The van der Waals surface area contributed by atoms with Crippen molar-refractivity contribution in [2.24, 2.45) is 0 Å². The summed E-state index contributed by atoms with van der Waals surface area (Å²) in [5.41, 5.74) is 6.50. The third-order valence-electron chi connectivity index (χ3n) is 4.78. The first-order valence-electron chi connectivity index (χ1n) is 9.55. The first kappa shape index (κ1) is 19.9. The average molecular weight is 384 g/mol. The van der Waals surface area contributed by atoms with E-state index in [1.54, 1.807) is 0 Å². The molecule has 3 amide bonds. The van der Waals surface area contributed by atoms with Gasteiger partial charge in [-0.1, -0.05) is 32.9 Å². The molecule has 28 heavy (non-hydrogen) atoms. The number of hydrazine groups is 1. The summed E-state index contributed by atoms with van der Waals surface area (Å²) >= 11 is 0. The van der Waals surface area contributed by atoms with Crippen molar-refractivity contribution in [1.29, 1.82) is 0 Å². The van der Waals surface area contributed by atoms with Gasteiger partial charge in [0, 0.05) is 24.2 Å². The Labute approximate surface area is 165 Å². The number of aromatic amines is 1. The smallest absolute Gasteiger partial charge is 0.329 e. The quantitative estimate of drug-likeness (QED) is 0.650. The van der Waals surface area contributed by atoms with Crippen LogP contribution in [0.2, 0.25) is 0 Å². The van der Waals surface area contributed by atoms with E-state index >= 15 is 0 Å². The number of nitrogens with zero attached hydrogens (tertiary/aromatic N) is 2. The van der Waals surface area contributed by atoms with Crippen LogP contribution in [0.25, 0.3) is 0 Å². The number of carbonyl (C=O) groups excluding carboxylic acids is 2. The van der Waals surface area contributed by atoms with E-state index in [2.05, 4.69) is 47.0 Å². The van der Waals surface area contributed by atoms with Crippen LogP contribution in [-0.2, 0) is 18.4 Å². The lowest BCUT2D eigenvalue weighted by Crippen LogP contribution is -2.49. The van der Waals surface area contributed by atoms with E-state index in [-0.39, 0.29) is 17.4 Å². The highest BCUT2D eigenvalue weighted by Gasteiger charge is 2.24. The minimum Gasteiger partial charge on any atom is -0.337 e. The summed E-state index contributed by atoms with van der Waals surface area (Å²) in [5, 5.41) is 14.7. The molecule has 1 aliphatic rings. The fourth-order valence-corrected chi connectivity index (χ4v) is 3.16. The molecule has 8 nitrogen and oxygen atoms in total. The highest BCUT2D eigenvalue weighted by Crippen LogP contribution is 2.25. The van der Waals surface area contributed by atoms with E-state index in [0.717, 1.165) is 11.3 Å². The van der Waals surface area contributed by atoms with Gasteiger partial charge in [-0.3, -0.25) is 15.3 Å². The summed E-state index contributed by atoms with van der Waals surface area (Å²) in [7, 11) is 0. The van der Waals surface area contributed by atoms with E-state index in [0.29, 0.717) is 37.4 Å². The topological polar surface area (TPSA) is 102 Å². The minimum absolute atomic E-state index is 0.0458. The van der Waals surface area contributed by atoms with Gasteiger partial charge in [0.05, 0.1) is 12.2 Å². The molecule has 8 heteroatoms. The number of fused-ring (bicyclic) bond motifs is 1. The molecule has 0 aliphatic carbocycles. The van der Waals surface area contributed by atoms with Gasteiger partial charge < -0.3 is 10.6 Å². The van der Waals surface area contributed by atoms with Crippen molar-refractivity contribution < 1.29 is 9.59 Å². The SMILES string of the molecule is CCNC(=O)NN1CCc2c(NC(=O)c3ccc(C(C)(C)C)cc3)n[nH]c2C1. The standard InChI is InChI=1S/C20H28N6O2/c1-5-21-19(28)25-26-11-10-15-16(12-26)23-24-17(15)22-18(27)13-6-8-14(9-7-13)20(2,3)4/h6-9H,5,10-12H2,1-4H3,(H2,21,25,28)(H2,22,23,24,27). The molecular formula is C20H28N6O2. The van der Waals surface area contributed by atoms with Crippen molar-refractivity contribution in [2.45, 2.75) is 46.1 Å². The monoisotopic (exact) mass is 384 g/mol. The number of urea groups is 1. The van der Waals surface area contributed by atoms with Gasteiger partial charge in [0.25, 0.3) is 5.91 Å². The maximum atomic E-state index is 12.6. The Morgan fingerprint density at radius 2 is 1.93 bits per heavy atom. The van der Waals surface area contributed by atoms with Crippen LogP contribution in [0.4, 0.5) is 10.6 Å². The Morgan fingerprint density at radius 3 is 2.57 bits per heavy atom. The predicted molar refractivity (Wildman–Crippen MR) is 108 cm³/mol. The predicted octanol–water partition coefficient (Wildman–Crippen LogP) is 2.55. The average Bonchev–Trinajstić information content (AvgIpc) is 3.03. The molecule has 3 rings (SSSR count). The zero-order valence-corrected chi connectivity index (χ0v) is 16.8. The van der Waals surface area contributed by atoms with Crippen molar-refractivity contribution in [3.63, 3.8) is 0 Å². The molecule has 150 valence electrons. The summed E-state index contributed by atoms with van der Waals surface area (Å²) in [4.78, 5) is 24.3. The van der Waals surface area contributed by atoms with E-state index in [1.807, 2.05) is 36.2 Å². The first-order valence-corrected chi connectivity index (χ1v) is 9.55. The Bertz CT molecular complexity index is 851.